The molecule has 1 amide bonds. The van der Waals surface area contributed by atoms with Crippen molar-refractivity contribution in [1.82, 2.24) is 15.5 Å². The Bertz CT molecular complexity index is 1130. The van der Waals surface area contributed by atoms with Crippen molar-refractivity contribution >= 4 is 17.3 Å². The normalized spacial score (nSPS) is 11.6. The summed E-state index contributed by atoms with van der Waals surface area (Å²) in [7, 11) is 0. The first-order chi connectivity index (χ1) is 15.1. The Kier molecular flexibility index (Phi) is 6.53. The summed E-state index contributed by atoms with van der Waals surface area (Å²) in [5, 5.41) is 13.9. The molecule has 166 valence electrons. The molecule has 0 atom stereocenters. The lowest BCUT2D eigenvalue weighted by molar-refractivity contribution is -0.137. The minimum absolute atomic E-state index is 0.120. The first-order valence-corrected chi connectivity index (χ1v) is 9.72. The SMILES string of the molecule is C#CCCNC(=O)C(C)(C)c1nnc(-c2ccccc2Nc2ccc(C(F)(F)F)cc2)o1. The van der Waals surface area contributed by atoms with Crippen LogP contribution < -0.4 is 10.6 Å². The predicted octanol–water partition coefficient (Wildman–Crippen LogP) is 4.92. The summed E-state index contributed by atoms with van der Waals surface area (Å²) in [5.74, 6) is 2.43. The number of anilines is 2. The van der Waals surface area contributed by atoms with Gasteiger partial charge < -0.3 is 15.1 Å². The smallest absolute Gasteiger partial charge is 0.416 e. The van der Waals surface area contributed by atoms with Crippen LogP contribution >= 0.6 is 0 Å². The summed E-state index contributed by atoms with van der Waals surface area (Å²) in [5.41, 5.74) is -0.275. The lowest BCUT2D eigenvalue weighted by Crippen LogP contribution is -2.40. The summed E-state index contributed by atoms with van der Waals surface area (Å²) in [6.45, 7) is 3.64. The Morgan fingerprint density at radius 1 is 1.09 bits per heavy atom. The number of nitrogens with one attached hydrogen (secondary N) is 2. The minimum atomic E-state index is -4.41. The molecule has 0 aliphatic heterocycles. The molecule has 2 aromatic carbocycles. The van der Waals surface area contributed by atoms with Gasteiger partial charge in [0.05, 0.1) is 16.8 Å². The zero-order valence-electron chi connectivity index (χ0n) is 17.5. The van der Waals surface area contributed by atoms with Gasteiger partial charge in [0.2, 0.25) is 17.7 Å². The number of hydrogen-bond donors (Lipinski definition) is 2. The lowest BCUT2D eigenvalue weighted by atomic mass is 9.92. The average Bonchev–Trinajstić information content (AvgIpc) is 3.25. The highest BCUT2D eigenvalue weighted by Gasteiger charge is 2.36. The van der Waals surface area contributed by atoms with Gasteiger partial charge in [-0.2, -0.15) is 13.2 Å². The molecule has 3 aromatic rings. The number of alkyl halides is 3. The van der Waals surface area contributed by atoms with Gasteiger partial charge in [0.1, 0.15) is 5.41 Å². The van der Waals surface area contributed by atoms with Gasteiger partial charge >= 0.3 is 6.18 Å². The first-order valence-electron chi connectivity index (χ1n) is 9.72. The number of carbonyl (C=O) groups is 1. The van der Waals surface area contributed by atoms with Crippen molar-refractivity contribution < 1.29 is 22.4 Å². The number of amides is 1. The maximum Gasteiger partial charge on any atom is 0.416 e. The van der Waals surface area contributed by atoms with Gasteiger partial charge in [-0.25, -0.2) is 0 Å². The van der Waals surface area contributed by atoms with Crippen molar-refractivity contribution in [3.63, 3.8) is 0 Å². The quantitative estimate of drug-likeness (QED) is 0.401. The highest BCUT2D eigenvalue weighted by atomic mass is 19.4. The van der Waals surface area contributed by atoms with E-state index in [0.717, 1.165) is 12.1 Å². The van der Waals surface area contributed by atoms with Crippen LogP contribution in [-0.4, -0.2) is 22.6 Å². The second-order valence-electron chi connectivity index (χ2n) is 7.49. The summed E-state index contributed by atoms with van der Waals surface area (Å²) in [6.07, 6.45) is 1.20. The van der Waals surface area contributed by atoms with Crippen LogP contribution in [-0.2, 0) is 16.4 Å². The van der Waals surface area contributed by atoms with Gasteiger partial charge in [0.25, 0.3) is 0 Å². The van der Waals surface area contributed by atoms with E-state index in [4.69, 9.17) is 10.8 Å². The molecule has 0 fully saturated rings. The number of nitrogens with zero attached hydrogens (tertiary/aromatic N) is 2. The lowest BCUT2D eigenvalue weighted by Gasteiger charge is -2.19. The minimum Gasteiger partial charge on any atom is -0.419 e. The molecule has 3 rings (SSSR count). The van der Waals surface area contributed by atoms with Crippen molar-refractivity contribution in [3.8, 4) is 23.8 Å². The number of aromatic nitrogens is 2. The number of terminal acetylenes is 1. The van der Waals surface area contributed by atoms with Gasteiger partial charge in [-0.3, -0.25) is 4.79 Å². The third kappa shape index (κ3) is 5.09. The monoisotopic (exact) mass is 442 g/mol. The van der Waals surface area contributed by atoms with Crippen LogP contribution in [0.4, 0.5) is 24.5 Å². The molecule has 6 nitrogen and oxygen atoms in total. The second kappa shape index (κ2) is 9.14. The number of halogens is 3. The van der Waals surface area contributed by atoms with Gasteiger partial charge in [0, 0.05) is 18.7 Å². The molecule has 1 aromatic heterocycles. The summed E-state index contributed by atoms with van der Waals surface area (Å²) in [6, 6.07) is 11.6. The van der Waals surface area contributed by atoms with Crippen LogP contribution in [0.15, 0.2) is 52.9 Å². The largest absolute Gasteiger partial charge is 0.419 e. The van der Waals surface area contributed by atoms with E-state index in [1.54, 1.807) is 38.1 Å². The molecule has 0 saturated heterocycles. The fourth-order valence-electron chi connectivity index (χ4n) is 2.83. The molecule has 1 heterocycles. The number of carbonyl (C=O) groups excluding carboxylic acids is 1. The van der Waals surface area contributed by atoms with E-state index in [1.807, 2.05) is 0 Å². The predicted molar refractivity (Wildman–Crippen MR) is 114 cm³/mol. The van der Waals surface area contributed by atoms with Gasteiger partial charge in [-0.15, -0.1) is 22.5 Å². The molecular formula is C23H21F3N4O2. The molecule has 9 heteroatoms. The summed E-state index contributed by atoms with van der Waals surface area (Å²) >= 11 is 0. The standard InChI is InChI=1S/C23H21F3N4O2/c1-4-5-14-27-20(31)22(2,3)21-30-29-19(32-21)17-8-6-7-9-18(17)28-16-12-10-15(11-13-16)23(24,25)26/h1,6-13,28H,5,14H2,2-3H3,(H,27,31). The second-order valence-corrected chi connectivity index (χ2v) is 7.49. The Morgan fingerprint density at radius 3 is 2.44 bits per heavy atom. The van der Waals surface area contributed by atoms with Gasteiger partial charge in [-0.1, -0.05) is 12.1 Å². The van der Waals surface area contributed by atoms with Crippen LogP contribution in [0.1, 0.15) is 31.7 Å². The molecule has 0 saturated carbocycles. The maximum atomic E-state index is 12.8. The third-order valence-corrected chi connectivity index (χ3v) is 4.73. The van der Waals surface area contributed by atoms with Crippen molar-refractivity contribution in [2.24, 2.45) is 0 Å². The van der Waals surface area contributed by atoms with Crippen LogP contribution in [0.3, 0.4) is 0 Å². The Balaban J connectivity index is 1.83. The molecule has 0 radical (unpaired) electrons. The molecule has 0 aliphatic rings. The highest BCUT2D eigenvalue weighted by Crippen LogP contribution is 2.33. The van der Waals surface area contributed by atoms with E-state index < -0.39 is 17.2 Å². The molecular weight excluding hydrogens is 421 g/mol. The molecule has 0 spiro atoms. The van der Waals surface area contributed by atoms with E-state index >= 15 is 0 Å². The van der Waals surface area contributed by atoms with E-state index in [-0.39, 0.29) is 17.7 Å². The third-order valence-electron chi connectivity index (χ3n) is 4.73. The fourth-order valence-corrected chi connectivity index (χ4v) is 2.83. The van der Waals surface area contributed by atoms with Crippen molar-refractivity contribution in [2.45, 2.75) is 31.9 Å². The zero-order chi connectivity index (χ0) is 23.4. The highest BCUT2D eigenvalue weighted by molar-refractivity contribution is 5.86. The Labute approximate surface area is 183 Å². The van der Waals surface area contributed by atoms with Gasteiger partial charge in [0.15, 0.2) is 0 Å². The summed E-state index contributed by atoms with van der Waals surface area (Å²) < 4.78 is 44.2. The van der Waals surface area contributed by atoms with Crippen LogP contribution in [0, 0.1) is 12.3 Å². The number of para-hydroxylation sites is 1. The van der Waals surface area contributed by atoms with E-state index in [1.165, 1.54) is 12.1 Å². The van der Waals surface area contributed by atoms with Crippen molar-refractivity contribution in [2.75, 3.05) is 11.9 Å². The summed E-state index contributed by atoms with van der Waals surface area (Å²) in [4.78, 5) is 12.5. The fraction of sp³-hybridized carbons (Fsp3) is 0.261. The molecule has 2 N–H and O–H groups in total. The topological polar surface area (TPSA) is 80.0 Å². The van der Waals surface area contributed by atoms with Crippen molar-refractivity contribution in [1.29, 1.82) is 0 Å². The van der Waals surface area contributed by atoms with E-state index in [9.17, 15) is 18.0 Å². The van der Waals surface area contributed by atoms with Gasteiger partial charge in [-0.05, 0) is 50.2 Å². The average molecular weight is 442 g/mol. The van der Waals surface area contributed by atoms with Crippen molar-refractivity contribution in [3.05, 3.63) is 60.0 Å². The Hall–Kier alpha value is -3.80. The number of rotatable bonds is 7. The number of benzene rings is 2. The molecule has 0 unspecified atom stereocenters. The van der Waals surface area contributed by atoms with Crippen LogP contribution in [0.2, 0.25) is 0 Å². The van der Waals surface area contributed by atoms with E-state index in [2.05, 4.69) is 26.8 Å². The molecule has 0 aliphatic carbocycles. The molecule has 32 heavy (non-hydrogen) atoms. The number of hydrogen-bond acceptors (Lipinski definition) is 5. The van der Waals surface area contributed by atoms with Crippen LogP contribution in [0.5, 0.6) is 0 Å². The van der Waals surface area contributed by atoms with Crippen LogP contribution in [0.25, 0.3) is 11.5 Å². The Morgan fingerprint density at radius 2 is 1.78 bits per heavy atom. The van der Waals surface area contributed by atoms with E-state index in [0.29, 0.717) is 29.9 Å². The molecule has 0 bridgehead atoms. The first kappa shape index (κ1) is 22.9. The zero-order valence-corrected chi connectivity index (χ0v) is 17.5. The maximum absolute atomic E-state index is 12.8.